The van der Waals surface area contributed by atoms with Crippen molar-refractivity contribution >= 4 is 0 Å². The molecule has 0 rings (SSSR count). The Bertz CT molecular complexity index is 126. The molecule has 0 saturated carbocycles. The lowest BCUT2D eigenvalue weighted by molar-refractivity contribution is 0.436. The molecule has 0 saturated heterocycles. The first-order chi connectivity index (χ1) is 4.72. The summed E-state index contributed by atoms with van der Waals surface area (Å²) in [7, 11) is 0. The molecule has 0 aromatic carbocycles. The molecular weight excluding hydrogens is 122 g/mol. The van der Waals surface area contributed by atoms with E-state index in [1.807, 2.05) is 17.1 Å². The first-order valence-electron chi connectivity index (χ1n) is 3.20. The second-order valence-electron chi connectivity index (χ2n) is 2.05. The van der Waals surface area contributed by atoms with Crippen molar-refractivity contribution < 1.29 is 0 Å². The summed E-state index contributed by atoms with van der Waals surface area (Å²) in [5, 5.41) is 0. The molecule has 0 amide bonds. The highest BCUT2D eigenvalue weighted by Gasteiger charge is 1.96. The SMILES string of the molecule is [CH2]C(=C)N(CC=C)CC=C. The number of allylic oxidation sites excluding steroid dienone is 1. The third-order valence-electron chi connectivity index (χ3n) is 1.15. The molecule has 0 aliphatic heterocycles. The molecule has 0 bridgehead atoms. The minimum atomic E-state index is 0.786. The van der Waals surface area contributed by atoms with Crippen LogP contribution in [0.4, 0.5) is 0 Å². The van der Waals surface area contributed by atoms with Gasteiger partial charge in [-0.15, -0.1) is 13.2 Å². The van der Waals surface area contributed by atoms with Crippen molar-refractivity contribution in [3.8, 4) is 0 Å². The zero-order valence-corrected chi connectivity index (χ0v) is 6.34. The molecule has 0 aliphatic carbocycles. The Labute approximate surface area is 63.3 Å². The van der Waals surface area contributed by atoms with Crippen LogP contribution in [0.1, 0.15) is 0 Å². The van der Waals surface area contributed by atoms with E-state index in [0.717, 1.165) is 18.8 Å². The van der Waals surface area contributed by atoms with E-state index in [1.54, 1.807) is 0 Å². The third-order valence-corrected chi connectivity index (χ3v) is 1.15. The summed E-state index contributed by atoms with van der Waals surface area (Å²) < 4.78 is 0. The highest BCUT2D eigenvalue weighted by Crippen LogP contribution is 1.98. The van der Waals surface area contributed by atoms with Gasteiger partial charge in [-0.2, -0.15) is 0 Å². The summed E-state index contributed by atoms with van der Waals surface area (Å²) in [6.45, 7) is 16.2. The first kappa shape index (κ1) is 9.02. The third kappa shape index (κ3) is 3.13. The highest BCUT2D eigenvalue weighted by molar-refractivity contribution is 5.01. The summed E-state index contributed by atoms with van der Waals surface area (Å²) in [6.07, 6.45) is 3.64. The minimum absolute atomic E-state index is 0.786. The zero-order chi connectivity index (χ0) is 7.98. The van der Waals surface area contributed by atoms with Crippen molar-refractivity contribution in [2.75, 3.05) is 13.1 Å². The molecule has 0 heterocycles. The number of hydrogen-bond donors (Lipinski definition) is 0. The molecule has 0 aromatic rings. The molecule has 0 aromatic heterocycles. The zero-order valence-electron chi connectivity index (χ0n) is 6.34. The molecule has 1 nitrogen and oxygen atoms in total. The van der Waals surface area contributed by atoms with Gasteiger partial charge in [-0.25, -0.2) is 0 Å². The Kier molecular flexibility index (Phi) is 4.38. The van der Waals surface area contributed by atoms with E-state index < -0.39 is 0 Å². The van der Waals surface area contributed by atoms with Gasteiger partial charge in [0, 0.05) is 18.8 Å². The molecule has 55 valence electrons. The Balaban J connectivity index is 3.83. The van der Waals surface area contributed by atoms with E-state index in [9.17, 15) is 0 Å². The van der Waals surface area contributed by atoms with E-state index in [4.69, 9.17) is 0 Å². The lowest BCUT2D eigenvalue weighted by Crippen LogP contribution is -2.20. The van der Waals surface area contributed by atoms with E-state index in [1.165, 1.54) is 0 Å². The van der Waals surface area contributed by atoms with Gasteiger partial charge in [0.15, 0.2) is 0 Å². The quantitative estimate of drug-likeness (QED) is 0.522. The predicted molar refractivity (Wildman–Crippen MR) is 46.5 cm³/mol. The van der Waals surface area contributed by atoms with Crippen LogP contribution in [-0.2, 0) is 0 Å². The van der Waals surface area contributed by atoms with Crippen molar-refractivity contribution in [1.29, 1.82) is 0 Å². The van der Waals surface area contributed by atoms with Gasteiger partial charge in [-0.3, -0.25) is 0 Å². The molecule has 10 heavy (non-hydrogen) atoms. The van der Waals surface area contributed by atoms with Gasteiger partial charge in [0.1, 0.15) is 0 Å². The number of hydrogen-bond acceptors (Lipinski definition) is 1. The standard InChI is InChI=1S/C9H14N/c1-5-7-10(8-6-2)9(3)4/h5-6H,1-4,7-8H2. The normalized spacial score (nSPS) is 8.50. The maximum absolute atomic E-state index is 3.71. The lowest BCUT2D eigenvalue weighted by atomic mass is 10.4. The largest absolute Gasteiger partial charge is 0.368 e. The molecule has 0 unspecified atom stereocenters. The van der Waals surface area contributed by atoms with Gasteiger partial charge in [0.05, 0.1) is 0 Å². The average molecular weight is 136 g/mol. The lowest BCUT2D eigenvalue weighted by Gasteiger charge is -2.20. The van der Waals surface area contributed by atoms with Gasteiger partial charge in [0.2, 0.25) is 0 Å². The van der Waals surface area contributed by atoms with Crippen LogP contribution < -0.4 is 0 Å². The monoisotopic (exact) mass is 136 g/mol. The molecule has 1 heteroatoms. The van der Waals surface area contributed by atoms with Crippen LogP contribution >= 0.6 is 0 Å². The van der Waals surface area contributed by atoms with Crippen LogP contribution in [0.3, 0.4) is 0 Å². The fraction of sp³-hybridized carbons (Fsp3) is 0.222. The average Bonchev–Trinajstić information content (AvgIpc) is 1.87. The predicted octanol–water partition coefficient (Wildman–Crippen LogP) is 2.01. The van der Waals surface area contributed by atoms with Crippen LogP contribution in [0.2, 0.25) is 0 Å². The molecule has 0 N–H and O–H groups in total. The van der Waals surface area contributed by atoms with Gasteiger partial charge in [-0.1, -0.05) is 18.7 Å². The van der Waals surface area contributed by atoms with Crippen LogP contribution in [0.15, 0.2) is 37.6 Å². The molecule has 0 spiro atoms. The van der Waals surface area contributed by atoms with Crippen molar-refractivity contribution in [1.82, 2.24) is 4.90 Å². The fourth-order valence-corrected chi connectivity index (χ4v) is 0.644. The first-order valence-corrected chi connectivity index (χ1v) is 3.20. The Hall–Kier alpha value is -0.980. The maximum Gasteiger partial charge on any atom is 0.0357 e. The molecular formula is C9H14N. The van der Waals surface area contributed by atoms with Gasteiger partial charge < -0.3 is 4.90 Å². The van der Waals surface area contributed by atoms with E-state index in [0.29, 0.717) is 0 Å². The van der Waals surface area contributed by atoms with E-state index in [2.05, 4.69) is 26.7 Å². The van der Waals surface area contributed by atoms with Crippen molar-refractivity contribution in [3.63, 3.8) is 0 Å². The summed E-state index contributed by atoms with van der Waals surface area (Å²) >= 11 is 0. The molecule has 1 radical (unpaired) electrons. The van der Waals surface area contributed by atoms with Crippen LogP contribution in [0, 0.1) is 6.92 Å². The molecule has 0 atom stereocenters. The van der Waals surface area contributed by atoms with Crippen molar-refractivity contribution in [2.45, 2.75) is 0 Å². The van der Waals surface area contributed by atoms with Gasteiger partial charge >= 0.3 is 0 Å². The summed E-state index contributed by atoms with van der Waals surface area (Å²) in [5.41, 5.74) is 0.805. The molecule has 0 aliphatic rings. The highest BCUT2D eigenvalue weighted by atomic mass is 15.1. The number of rotatable bonds is 5. The van der Waals surface area contributed by atoms with E-state index >= 15 is 0 Å². The molecule has 0 fully saturated rings. The van der Waals surface area contributed by atoms with Crippen LogP contribution in [0.25, 0.3) is 0 Å². The smallest absolute Gasteiger partial charge is 0.0357 e. The van der Waals surface area contributed by atoms with Gasteiger partial charge in [-0.05, 0) is 6.92 Å². The Morgan fingerprint density at radius 2 is 1.60 bits per heavy atom. The van der Waals surface area contributed by atoms with Crippen molar-refractivity contribution in [2.24, 2.45) is 0 Å². The van der Waals surface area contributed by atoms with Crippen LogP contribution in [-0.4, -0.2) is 18.0 Å². The minimum Gasteiger partial charge on any atom is -0.368 e. The summed E-state index contributed by atoms with van der Waals surface area (Å²) in [4.78, 5) is 1.99. The number of nitrogens with zero attached hydrogens (tertiary/aromatic N) is 1. The van der Waals surface area contributed by atoms with Gasteiger partial charge in [0.25, 0.3) is 0 Å². The Morgan fingerprint density at radius 3 is 1.80 bits per heavy atom. The van der Waals surface area contributed by atoms with Crippen LogP contribution in [0.5, 0.6) is 0 Å². The second kappa shape index (κ2) is 4.86. The topological polar surface area (TPSA) is 3.24 Å². The maximum atomic E-state index is 3.71. The Morgan fingerprint density at radius 1 is 1.20 bits per heavy atom. The summed E-state index contributed by atoms with van der Waals surface area (Å²) in [5.74, 6) is 0. The second-order valence-corrected chi connectivity index (χ2v) is 2.05. The van der Waals surface area contributed by atoms with E-state index in [-0.39, 0.29) is 0 Å². The van der Waals surface area contributed by atoms with Crippen molar-refractivity contribution in [3.05, 3.63) is 44.5 Å². The fourth-order valence-electron chi connectivity index (χ4n) is 0.644. The summed E-state index contributed by atoms with van der Waals surface area (Å²) in [6, 6.07) is 0.